The van der Waals surface area contributed by atoms with Crippen LogP contribution in [0.3, 0.4) is 0 Å². The van der Waals surface area contributed by atoms with E-state index in [4.69, 9.17) is 4.84 Å². The van der Waals surface area contributed by atoms with Crippen molar-refractivity contribution >= 4 is 25.7 Å². The molecule has 0 saturated carbocycles. The van der Waals surface area contributed by atoms with Gasteiger partial charge in [0.1, 0.15) is 16.8 Å². The largest absolute Gasteiger partial charge is 0.389 e. The van der Waals surface area contributed by atoms with E-state index in [9.17, 15) is 16.8 Å². The zero-order chi connectivity index (χ0) is 19.9. The van der Waals surface area contributed by atoms with Gasteiger partial charge < -0.3 is 9.74 Å². The number of nitrogens with zero attached hydrogens (tertiary/aromatic N) is 2. The van der Waals surface area contributed by atoms with Crippen molar-refractivity contribution in [3.63, 3.8) is 0 Å². The highest BCUT2D eigenvalue weighted by Crippen LogP contribution is 2.40. The van der Waals surface area contributed by atoms with E-state index in [1.165, 1.54) is 0 Å². The number of nitrogens with one attached hydrogen (secondary N) is 1. The van der Waals surface area contributed by atoms with Crippen molar-refractivity contribution in [3.8, 4) is 5.75 Å². The number of para-hydroxylation sites is 1. The summed E-state index contributed by atoms with van der Waals surface area (Å²) < 4.78 is 52.2. The molecule has 0 bridgehead atoms. The maximum atomic E-state index is 13.1. The summed E-state index contributed by atoms with van der Waals surface area (Å²) in [6.07, 6.45) is 2.28. The lowest BCUT2D eigenvalue weighted by Crippen LogP contribution is -2.53. The Morgan fingerprint density at radius 2 is 1.86 bits per heavy atom. The molecule has 2 aliphatic heterocycles. The second-order valence-electron chi connectivity index (χ2n) is 6.87. The van der Waals surface area contributed by atoms with Crippen LogP contribution < -0.4 is 14.5 Å². The predicted molar refractivity (Wildman–Crippen MR) is 105 cm³/mol. The van der Waals surface area contributed by atoms with Gasteiger partial charge in [0.05, 0.1) is 11.9 Å². The molecule has 28 heavy (non-hydrogen) atoms. The van der Waals surface area contributed by atoms with E-state index >= 15 is 0 Å². The van der Waals surface area contributed by atoms with Gasteiger partial charge in [-0.2, -0.15) is 0 Å². The molecule has 1 atom stereocenters. The van der Waals surface area contributed by atoms with Gasteiger partial charge in [0.15, 0.2) is 0 Å². The first-order valence-electron chi connectivity index (χ1n) is 8.87. The van der Waals surface area contributed by atoms with Crippen LogP contribution in [0.25, 0.3) is 0 Å². The minimum absolute atomic E-state index is 0.158. The molecule has 2 aromatic carbocycles. The summed E-state index contributed by atoms with van der Waals surface area (Å²) in [4.78, 5) is 8.10. The molecular formula is C18H21N3O5S2. The number of sulfonamides is 2. The Labute approximate surface area is 164 Å². The van der Waals surface area contributed by atoms with Crippen molar-refractivity contribution in [2.75, 3.05) is 17.7 Å². The molecule has 8 nitrogen and oxygen atoms in total. The fourth-order valence-electron chi connectivity index (χ4n) is 3.52. The summed E-state index contributed by atoms with van der Waals surface area (Å²) in [7, 11) is -7.08. The molecule has 0 aliphatic carbocycles. The summed E-state index contributed by atoms with van der Waals surface area (Å²) >= 11 is 0. The Balaban J connectivity index is 1.59. The van der Waals surface area contributed by atoms with Gasteiger partial charge in [-0.25, -0.2) is 21.6 Å². The van der Waals surface area contributed by atoms with E-state index in [2.05, 4.69) is 9.62 Å². The van der Waals surface area contributed by atoms with Crippen molar-refractivity contribution in [1.29, 1.82) is 0 Å². The lowest BCUT2D eigenvalue weighted by molar-refractivity contribution is -0.00374. The molecule has 0 aromatic heterocycles. The normalized spacial score (nSPS) is 21.2. The first-order valence-corrected chi connectivity index (χ1v) is 12.2. The van der Waals surface area contributed by atoms with Crippen molar-refractivity contribution < 1.29 is 21.7 Å². The molecule has 4 rings (SSSR count). The van der Waals surface area contributed by atoms with Crippen LogP contribution in [0.5, 0.6) is 5.75 Å². The van der Waals surface area contributed by atoms with Gasteiger partial charge in [-0.1, -0.05) is 24.3 Å². The first-order chi connectivity index (χ1) is 13.3. The average Bonchev–Trinajstić information content (AvgIpc) is 3.13. The minimum atomic E-state index is -3.80. The number of hydrogen-bond acceptors (Lipinski definition) is 6. The topological polar surface area (TPSA) is 96.0 Å². The lowest BCUT2D eigenvalue weighted by Gasteiger charge is -2.39. The number of rotatable bonds is 5. The Kier molecular flexibility index (Phi) is 4.82. The number of hydroxylamine groups is 1. The smallest absolute Gasteiger partial charge is 0.278 e. The molecule has 1 fully saturated rings. The summed E-state index contributed by atoms with van der Waals surface area (Å²) in [5, 5.41) is 0. The fraction of sp³-hybridized carbons (Fsp3) is 0.333. The summed E-state index contributed by atoms with van der Waals surface area (Å²) in [5.74, 6) is 0.373. The van der Waals surface area contributed by atoms with E-state index in [-0.39, 0.29) is 17.6 Å². The van der Waals surface area contributed by atoms with Crippen LogP contribution in [0.1, 0.15) is 18.4 Å². The van der Waals surface area contributed by atoms with Crippen LogP contribution >= 0.6 is 0 Å². The molecule has 0 radical (unpaired) electrons. The second kappa shape index (κ2) is 7.03. The number of benzene rings is 2. The third-order valence-electron chi connectivity index (χ3n) is 4.81. The zero-order valence-corrected chi connectivity index (χ0v) is 16.9. The molecule has 2 aliphatic rings. The van der Waals surface area contributed by atoms with Crippen molar-refractivity contribution in [1.82, 2.24) is 9.19 Å². The number of anilines is 1. The Hall–Kier alpha value is -2.14. The van der Waals surface area contributed by atoms with Crippen LogP contribution in [0.15, 0.2) is 53.4 Å². The van der Waals surface area contributed by atoms with Gasteiger partial charge >= 0.3 is 0 Å². The second-order valence-corrected chi connectivity index (χ2v) is 10.5. The van der Waals surface area contributed by atoms with Crippen molar-refractivity contribution in [2.45, 2.75) is 30.4 Å². The van der Waals surface area contributed by atoms with Crippen LogP contribution in [0.2, 0.25) is 0 Å². The highest BCUT2D eigenvalue weighted by Gasteiger charge is 2.46. The van der Waals surface area contributed by atoms with Crippen molar-refractivity contribution in [3.05, 3.63) is 54.1 Å². The highest BCUT2D eigenvalue weighted by atomic mass is 32.2. The van der Waals surface area contributed by atoms with E-state index in [1.54, 1.807) is 36.4 Å². The SMILES string of the molecule is CS(=O)(=O)NCc1ccc(ON2C3CCCN3c3ccccc3S2(=O)=O)cc1. The molecule has 0 spiro atoms. The molecule has 1 saturated heterocycles. The van der Waals surface area contributed by atoms with E-state index in [0.717, 1.165) is 29.3 Å². The van der Waals surface area contributed by atoms with Gasteiger partial charge in [0.25, 0.3) is 10.0 Å². The van der Waals surface area contributed by atoms with Gasteiger partial charge in [-0.05, 0) is 47.1 Å². The predicted octanol–water partition coefficient (Wildman–Crippen LogP) is 1.66. The van der Waals surface area contributed by atoms with Crippen LogP contribution in [-0.2, 0) is 26.6 Å². The van der Waals surface area contributed by atoms with E-state index < -0.39 is 20.0 Å². The Bertz CT molecular complexity index is 1080. The standard InChI is InChI=1S/C18H21N3O5S2/c1-27(22,23)19-13-14-8-10-15(11-9-14)26-21-18-7-4-12-20(18)16-5-2-3-6-17(16)28(21,24)25/h2-3,5-6,8-11,18-19H,4,7,12-13H2,1H3. The van der Waals surface area contributed by atoms with E-state index in [1.807, 2.05) is 12.1 Å². The number of hydrogen-bond donors (Lipinski definition) is 1. The van der Waals surface area contributed by atoms with Gasteiger partial charge in [0.2, 0.25) is 10.0 Å². The first kappa shape index (κ1) is 19.2. The van der Waals surface area contributed by atoms with Gasteiger partial charge in [0, 0.05) is 13.1 Å². The third-order valence-corrected chi connectivity index (χ3v) is 7.17. The minimum Gasteiger partial charge on any atom is -0.389 e. The third kappa shape index (κ3) is 3.60. The summed E-state index contributed by atoms with van der Waals surface area (Å²) in [5.41, 5.74) is 1.46. The van der Waals surface area contributed by atoms with E-state index in [0.29, 0.717) is 17.9 Å². The average molecular weight is 424 g/mol. The Morgan fingerprint density at radius 3 is 2.57 bits per heavy atom. The molecule has 10 heteroatoms. The maximum Gasteiger partial charge on any atom is 0.278 e. The fourth-order valence-corrected chi connectivity index (χ4v) is 5.56. The monoisotopic (exact) mass is 423 g/mol. The zero-order valence-electron chi connectivity index (χ0n) is 15.3. The Morgan fingerprint density at radius 1 is 1.14 bits per heavy atom. The summed E-state index contributed by atoms with van der Waals surface area (Å²) in [6.45, 7) is 0.929. The molecule has 150 valence electrons. The van der Waals surface area contributed by atoms with Crippen LogP contribution in [0, 0.1) is 0 Å². The van der Waals surface area contributed by atoms with Crippen molar-refractivity contribution in [2.24, 2.45) is 0 Å². The quantitative estimate of drug-likeness (QED) is 0.786. The highest BCUT2D eigenvalue weighted by molar-refractivity contribution is 7.89. The number of fused-ring (bicyclic) bond motifs is 3. The summed E-state index contributed by atoms with van der Waals surface area (Å²) in [6, 6.07) is 13.6. The molecule has 0 amide bonds. The van der Waals surface area contributed by atoms with Crippen LogP contribution in [-0.4, -0.2) is 40.3 Å². The molecule has 2 aromatic rings. The molecule has 1 unspecified atom stereocenters. The molecule has 1 N–H and O–H groups in total. The molecular weight excluding hydrogens is 402 g/mol. The van der Waals surface area contributed by atoms with Gasteiger partial charge in [-0.15, -0.1) is 0 Å². The lowest BCUT2D eigenvalue weighted by atomic mass is 10.2. The molecule has 2 heterocycles. The van der Waals surface area contributed by atoms with Gasteiger partial charge in [-0.3, -0.25) is 0 Å². The van der Waals surface area contributed by atoms with Crippen LogP contribution in [0.4, 0.5) is 5.69 Å². The maximum absolute atomic E-state index is 13.1.